The van der Waals surface area contributed by atoms with Crippen molar-refractivity contribution in [2.45, 2.75) is 6.92 Å². The molecule has 0 aliphatic carbocycles. The fraction of sp³-hybridized carbons (Fsp3) is 0.0500. The summed E-state index contributed by atoms with van der Waals surface area (Å²) in [5.41, 5.74) is 0.733. The molecular weight excluding hydrogens is 442 g/mol. The minimum Gasteiger partial charge on any atom is -0.268 e. The van der Waals surface area contributed by atoms with Gasteiger partial charge in [-0.25, -0.2) is 9.88 Å². The van der Waals surface area contributed by atoms with Crippen molar-refractivity contribution in [1.29, 1.82) is 0 Å². The SMILES string of the molecule is Cc1cccnc1N(C(=O)c1cc(Cl)ccc1Cl)C(=O)c1cc(Cl)ccc1Cl. The van der Waals surface area contributed by atoms with E-state index in [0.717, 1.165) is 4.90 Å². The van der Waals surface area contributed by atoms with Crippen LogP contribution in [0.4, 0.5) is 5.82 Å². The van der Waals surface area contributed by atoms with Gasteiger partial charge in [-0.1, -0.05) is 52.5 Å². The molecule has 28 heavy (non-hydrogen) atoms. The first-order chi connectivity index (χ1) is 13.3. The molecule has 3 rings (SSSR count). The number of halogens is 4. The van der Waals surface area contributed by atoms with E-state index in [1.165, 1.54) is 30.5 Å². The first-order valence-corrected chi connectivity index (χ1v) is 9.51. The lowest BCUT2D eigenvalue weighted by atomic mass is 10.1. The van der Waals surface area contributed by atoms with E-state index in [4.69, 9.17) is 46.4 Å². The maximum Gasteiger partial charge on any atom is 0.268 e. The molecule has 0 fully saturated rings. The first kappa shape index (κ1) is 20.6. The highest BCUT2D eigenvalue weighted by Crippen LogP contribution is 2.29. The predicted octanol–water partition coefficient (Wildman–Crippen LogP) is 6.49. The topological polar surface area (TPSA) is 50.3 Å². The van der Waals surface area contributed by atoms with Crippen LogP contribution in [0.25, 0.3) is 0 Å². The van der Waals surface area contributed by atoms with Crippen molar-refractivity contribution in [2.24, 2.45) is 0 Å². The van der Waals surface area contributed by atoms with E-state index in [-0.39, 0.29) is 27.0 Å². The van der Waals surface area contributed by atoms with Crippen molar-refractivity contribution in [3.63, 3.8) is 0 Å². The number of amides is 2. The standard InChI is InChI=1S/C20H12Cl4N2O2/c1-11-3-2-8-25-18(11)26(19(27)14-9-12(21)4-6-16(14)23)20(28)15-10-13(22)5-7-17(15)24/h2-10H,1H3. The zero-order valence-corrected chi connectivity index (χ0v) is 17.4. The lowest BCUT2D eigenvalue weighted by molar-refractivity contribution is 0.0896. The Morgan fingerprint density at radius 3 is 1.79 bits per heavy atom. The molecule has 8 heteroatoms. The number of benzene rings is 2. The summed E-state index contributed by atoms with van der Waals surface area (Å²) in [4.78, 5) is 31.8. The fourth-order valence-electron chi connectivity index (χ4n) is 2.56. The van der Waals surface area contributed by atoms with Crippen molar-refractivity contribution in [2.75, 3.05) is 4.90 Å². The van der Waals surface area contributed by atoms with Gasteiger partial charge in [0.05, 0.1) is 21.2 Å². The van der Waals surface area contributed by atoms with Crippen LogP contribution in [-0.4, -0.2) is 16.8 Å². The number of carbonyl (C=O) groups excluding carboxylic acids is 2. The third-order valence-electron chi connectivity index (χ3n) is 3.92. The van der Waals surface area contributed by atoms with Gasteiger partial charge >= 0.3 is 0 Å². The van der Waals surface area contributed by atoms with E-state index in [9.17, 15) is 9.59 Å². The van der Waals surface area contributed by atoms with Crippen molar-refractivity contribution < 1.29 is 9.59 Å². The highest BCUT2D eigenvalue weighted by atomic mass is 35.5. The number of hydrogen-bond acceptors (Lipinski definition) is 3. The van der Waals surface area contributed by atoms with E-state index in [1.807, 2.05) is 0 Å². The second-order valence-electron chi connectivity index (χ2n) is 5.84. The molecule has 0 saturated heterocycles. The maximum absolute atomic E-state index is 13.3. The van der Waals surface area contributed by atoms with Gasteiger partial charge in [0.25, 0.3) is 11.8 Å². The molecule has 0 aliphatic rings. The Morgan fingerprint density at radius 1 is 0.821 bits per heavy atom. The highest BCUT2D eigenvalue weighted by molar-refractivity contribution is 6.40. The number of imide groups is 1. The van der Waals surface area contributed by atoms with E-state index in [0.29, 0.717) is 15.6 Å². The lowest BCUT2D eigenvalue weighted by Gasteiger charge is -2.22. The Morgan fingerprint density at radius 2 is 1.32 bits per heavy atom. The summed E-state index contributed by atoms with van der Waals surface area (Å²) in [5, 5.41) is 0.910. The highest BCUT2D eigenvalue weighted by Gasteiger charge is 2.31. The van der Waals surface area contributed by atoms with Gasteiger partial charge in [-0.05, 0) is 55.0 Å². The van der Waals surface area contributed by atoms with Crippen LogP contribution in [0.15, 0.2) is 54.7 Å². The Hall–Kier alpha value is -2.11. The van der Waals surface area contributed by atoms with Crippen LogP contribution in [-0.2, 0) is 0 Å². The summed E-state index contributed by atoms with van der Waals surface area (Å²) in [5.74, 6) is -1.21. The molecule has 1 aromatic heterocycles. The smallest absolute Gasteiger partial charge is 0.268 e. The second kappa shape index (κ2) is 8.50. The molecule has 0 radical (unpaired) electrons. The van der Waals surface area contributed by atoms with Crippen LogP contribution in [0.3, 0.4) is 0 Å². The Balaban J connectivity index is 2.20. The molecule has 3 aromatic rings. The minimum atomic E-state index is -0.685. The van der Waals surface area contributed by atoms with Crippen molar-refractivity contribution in [3.8, 4) is 0 Å². The number of nitrogens with zero attached hydrogens (tertiary/aromatic N) is 2. The zero-order valence-electron chi connectivity index (χ0n) is 14.4. The first-order valence-electron chi connectivity index (χ1n) is 8.00. The molecule has 4 nitrogen and oxygen atoms in total. The average molecular weight is 454 g/mol. The number of aryl methyl sites for hydroxylation is 1. The number of aromatic nitrogens is 1. The number of carbonyl (C=O) groups is 2. The van der Waals surface area contributed by atoms with Crippen LogP contribution < -0.4 is 4.90 Å². The molecule has 2 amide bonds. The number of anilines is 1. The number of rotatable bonds is 3. The molecule has 0 bridgehead atoms. The molecule has 0 aliphatic heterocycles. The summed E-state index contributed by atoms with van der Waals surface area (Å²) in [6.07, 6.45) is 1.48. The van der Waals surface area contributed by atoms with Gasteiger partial charge < -0.3 is 0 Å². The van der Waals surface area contributed by atoms with Gasteiger partial charge in [0.15, 0.2) is 0 Å². The average Bonchev–Trinajstić information content (AvgIpc) is 2.67. The normalized spacial score (nSPS) is 10.6. The summed E-state index contributed by atoms with van der Waals surface area (Å²) in [7, 11) is 0. The summed E-state index contributed by atoms with van der Waals surface area (Å²) in [6, 6.07) is 12.3. The van der Waals surface area contributed by atoms with Gasteiger partial charge in [-0.3, -0.25) is 9.59 Å². The van der Waals surface area contributed by atoms with Crippen LogP contribution in [0.5, 0.6) is 0 Å². The molecular formula is C20H12Cl4N2O2. The summed E-state index contributed by atoms with van der Waals surface area (Å²) >= 11 is 24.4. The number of hydrogen-bond donors (Lipinski definition) is 0. The molecule has 0 unspecified atom stereocenters. The van der Waals surface area contributed by atoms with Crippen molar-refractivity contribution in [3.05, 3.63) is 91.5 Å². The van der Waals surface area contributed by atoms with E-state index in [1.54, 1.807) is 31.2 Å². The van der Waals surface area contributed by atoms with Crippen molar-refractivity contribution >= 4 is 64.0 Å². The molecule has 2 aromatic carbocycles. The van der Waals surface area contributed by atoms with Gasteiger partial charge in [-0.2, -0.15) is 0 Å². The van der Waals surface area contributed by atoms with E-state index < -0.39 is 11.8 Å². The Labute approximate surface area is 181 Å². The van der Waals surface area contributed by atoms with Gasteiger partial charge in [0.2, 0.25) is 0 Å². The summed E-state index contributed by atoms with van der Waals surface area (Å²) in [6.45, 7) is 1.73. The monoisotopic (exact) mass is 452 g/mol. The lowest BCUT2D eigenvalue weighted by Crippen LogP contribution is -2.38. The quantitative estimate of drug-likeness (QED) is 0.425. The van der Waals surface area contributed by atoms with Gasteiger partial charge in [0, 0.05) is 16.2 Å². The third kappa shape index (κ3) is 4.15. The Bertz CT molecular complexity index is 1020. The predicted molar refractivity (Wildman–Crippen MR) is 113 cm³/mol. The third-order valence-corrected chi connectivity index (χ3v) is 5.05. The van der Waals surface area contributed by atoms with Crippen molar-refractivity contribution in [1.82, 2.24) is 4.98 Å². The number of pyridine rings is 1. The van der Waals surface area contributed by atoms with Crippen LogP contribution in [0, 0.1) is 6.92 Å². The van der Waals surface area contributed by atoms with E-state index in [2.05, 4.69) is 4.98 Å². The maximum atomic E-state index is 13.3. The zero-order chi connectivity index (χ0) is 20.4. The molecule has 0 N–H and O–H groups in total. The van der Waals surface area contributed by atoms with Crippen LogP contribution in [0.2, 0.25) is 20.1 Å². The molecule has 142 valence electrons. The van der Waals surface area contributed by atoms with Crippen LogP contribution >= 0.6 is 46.4 Å². The molecule has 0 spiro atoms. The molecule has 1 heterocycles. The van der Waals surface area contributed by atoms with E-state index >= 15 is 0 Å². The summed E-state index contributed by atoms with van der Waals surface area (Å²) < 4.78 is 0. The largest absolute Gasteiger partial charge is 0.268 e. The minimum absolute atomic E-state index is 0.0609. The molecule has 0 atom stereocenters. The molecule has 0 saturated carbocycles. The van der Waals surface area contributed by atoms with Gasteiger partial charge in [-0.15, -0.1) is 0 Å². The van der Waals surface area contributed by atoms with Crippen LogP contribution in [0.1, 0.15) is 26.3 Å². The van der Waals surface area contributed by atoms with Gasteiger partial charge in [0.1, 0.15) is 5.82 Å². The second-order valence-corrected chi connectivity index (χ2v) is 7.53. The fourth-order valence-corrected chi connectivity index (χ4v) is 3.30. The Kier molecular flexibility index (Phi) is 6.26.